The van der Waals surface area contributed by atoms with Crippen LogP contribution in [0.3, 0.4) is 0 Å². The second-order valence-electron chi connectivity index (χ2n) is 6.60. The molecule has 1 aliphatic carbocycles. The monoisotopic (exact) mass is 437 g/mol. The highest BCUT2D eigenvalue weighted by Gasteiger charge is 2.22. The van der Waals surface area contributed by atoms with Crippen molar-refractivity contribution in [3.05, 3.63) is 50.9 Å². The molecule has 1 unspecified atom stereocenters. The number of hydrogen-bond acceptors (Lipinski definition) is 5. The van der Waals surface area contributed by atoms with Gasteiger partial charge in [-0.2, -0.15) is 0 Å². The SMILES string of the molecule is O=C(NC1=C(Cl)CCC=C1F)c1cc(P)c(-c2nc3c(s2)CCNC3)cc1O. The lowest BCUT2D eigenvalue weighted by atomic mass is 10.1. The Balaban J connectivity index is 1.63. The molecule has 5 nitrogen and oxygen atoms in total. The van der Waals surface area contributed by atoms with Crippen LogP contribution >= 0.6 is 32.2 Å². The molecular weight excluding hydrogens is 420 g/mol. The maximum Gasteiger partial charge on any atom is 0.259 e. The summed E-state index contributed by atoms with van der Waals surface area (Å²) < 4.78 is 14.0. The Bertz CT molecular complexity index is 1010. The summed E-state index contributed by atoms with van der Waals surface area (Å²) in [4.78, 5) is 18.5. The first-order valence-corrected chi connectivity index (χ1v) is 10.6. The number of fused-ring (bicyclic) bond motifs is 1. The van der Waals surface area contributed by atoms with Gasteiger partial charge in [-0.25, -0.2) is 9.37 Å². The number of aromatic hydroxyl groups is 1. The van der Waals surface area contributed by atoms with Gasteiger partial charge in [0, 0.05) is 28.6 Å². The fraction of sp³-hybridized carbons (Fsp3) is 0.263. The fourth-order valence-corrected chi connectivity index (χ4v) is 5.06. The van der Waals surface area contributed by atoms with Gasteiger partial charge in [-0.15, -0.1) is 20.6 Å². The van der Waals surface area contributed by atoms with Gasteiger partial charge in [0.25, 0.3) is 5.91 Å². The highest BCUT2D eigenvalue weighted by Crippen LogP contribution is 2.33. The average molecular weight is 438 g/mol. The third kappa shape index (κ3) is 3.72. The van der Waals surface area contributed by atoms with Crippen LogP contribution in [-0.2, 0) is 13.0 Å². The van der Waals surface area contributed by atoms with Gasteiger partial charge in [-0.3, -0.25) is 4.79 Å². The van der Waals surface area contributed by atoms with Gasteiger partial charge in [0.1, 0.15) is 16.6 Å². The van der Waals surface area contributed by atoms with E-state index in [1.807, 2.05) is 0 Å². The lowest BCUT2D eigenvalue weighted by molar-refractivity contribution is 0.0962. The van der Waals surface area contributed by atoms with Crippen LogP contribution in [0.1, 0.15) is 33.8 Å². The predicted molar refractivity (Wildman–Crippen MR) is 113 cm³/mol. The molecule has 0 saturated carbocycles. The number of aromatic nitrogens is 1. The van der Waals surface area contributed by atoms with Crippen molar-refractivity contribution in [1.82, 2.24) is 15.6 Å². The minimum atomic E-state index is -0.617. The molecule has 1 amide bonds. The Kier molecular flexibility index (Phi) is 5.52. The Morgan fingerprint density at radius 1 is 1.39 bits per heavy atom. The van der Waals surface area contributed by atoms with Crippen molar-refractivity contribution in [2.75, 3.05) is 6.54 Å². The van der Waals surface area contributed by atoms with Crippen molar-refractivity contribution in [3.63, 3.8) is 0 Å². The number of thiazole rings is 1. The smallest absolute Gasteiger partial charge is 0.259 e. The van der Waals surface area contributed by atoms with E-state index in [4.69, 9.17) is 11.6 Å². The van der Waals surface area contributed by atoms with E-state index in [2.05, 4.69) is 24.9 Å². The van der Waals surface area contributed by atoms with Gasteiger partial charge in [-0.05, 0) is 42.8 Å². The Hall–Kier alpha value is -1.79. The molecule has 0 bridgehead atoms. The first-order valence-electron chi connectivity index (χ1n) is 8.82. The standard InChI is InChI=1S/C19H18ClFN3O2PS/c20-11-2-1-3-12(21)17(11)24-18(26)9-7-15(27)10(6-14(9)25)19-23-13-8-22-5-4-16(13)28-19/h3,6-7,22,25H,1-2,4-5,8,27H2,(H,24,26). The summed E-state index contributed by atoms with van der Waals surface area (Å²) >= 11 is 7.64. The first kappa shape index (κ1) is 19.5. The number of carbonyl (C=O) groups excluding carboxylic acids is 1. The summed E-state index contributed by atoms with van der Waals surface area (Å²) in [5.74, 6) is -1.37. The zero-order chi connectivity index (χ0) is 19.8. The number of carbonyl (C=O) groups is 1. The van der Waals surface area contributed by atoms with Gasteiger partial charge in [-0.1, -0.05) is 11.6 Å². The molecule has 9 heteroatoms. The number of rotatable bonds is 3. The summed E-state index contributed by atoms with van der Waals surface area (Å²) in [5, 5.41) is 18.0. The van der Waals surface area contributed by atoms with Crippen molar-refractivity contribution in [1.29, 1.82) is 0 Å². The van der Waals surface area contributed by atoms with Crippen LogP contribution in [0.25, 0.3) is 10.6 Å². The van der Waals surface area contributed by atoms with Crippen LogP contribution < -0.4 is 15.9 Å². The number of allylic oxidation sites excluding steroid dienone is 3. The molecule has 0 fully saturated rings. The van der Waals surface area contributed by atoms with E-state index in [-0.39, 0.29) is 22.0 Å². The maximum atomic E-state index is 14.0. The molecule has 3 N–H and O–H groups in total. The van der Waals surface area contributed by atoms with E-state index in [9.17, 15) is 14.3 Å². The molecule has 146 valence electrons. The highest BCUT2D eigenvalue weighted by atomic mass is 35.5. The Labute approximate surface area is 172 Å². The second-order valence-corrected chi connectivity index (χ2v) is 8.76. The summed E-state index contributed by atoms with van der Waals surface area (Å²) in [5.41, 5.74) is 1.79. The fourth-order valence-electron chi connectivity index (χ4n) is 3.20. The number of phenols is 1. The molecular formula is C19H18ClFN3O2PS. The van der Waals surface area contributed by atoms with Crippen LogP contribution in [0.4, 0.5) is 4.39 Å². The predicted octanol–water partition coefficient (Wildman–Crippen LogP) is 3.49. The number of nitrogens with one attached hydrogen (secondary N) is 2. The first-order chi connectivity index (χ1) is 13.4. The third-order valence-corrected chi connectivity index (χ3v) is 6.72. The summed E-state index contributed by atoms with van der Waals surface area (Å²) in [6.45, 7) is 1.66. The minimum absolute atomic E-state index is 0.0354. The van der Waals surface area contributed by atoms with E-state index in [1.165, 1.54) is 17.0 Å². The van der Waals surface area contributed by atoms with Crippen molar-refractivity contribution < 1.29 is 14.3 Å². The molecule has 2 heterocycles. The molecule has 2 aromatic rings. The molecule has 28 heavy (non-hydrogen) atoms. The van der Waals surface area contributed by atoms with Crippen molar-refractivity contribution in [2.24, 2.45) is 0 Å². The van der Waals surface area contributed by atoms with Crippen LogP contribution in [0.15, 0.2) is 34.8 Å². The minimum Gasteiger partial charge on any atom is -0.507 e. The number of halogens is 2. The lowest BCUT2D eigenvalue weighted by Gasteiger charge is -2.15. The van der Waals surface area contributed by atoms with E-state index in [0.717, 1.165) is 41.1 Å². The topological polar surface area (TPSA) is 74.2 Å². The summed E-state index contributed by atoms with van der Waals surface area (Å²) in [7, 11) is 2.57. The van der Waals surface area contributed by atoms with Crippen molar-refractivity contribution >= 4 is 43.4 Å². The number of amides is 1. The van der Waals surface area contributed by atoms with Crippen LogP contribution in [0.5, 0.6) is 5.75 Å². The van der Waals surface area contributed by atoms with Crippen LogP contribution in [0, 0.1) is 0 Å². The third-order valence-electron chi connectivity index (χ3n) is 4.68. The Morgan fingerprint density at radius 2 is 2.21 bits per heavy atom. The van der Waals surface area contributed by atoms with Gasteiger partial charge in [0.2, 0.25) is 0 Å². The average Bonchev–Trinajstić information content (AvgIpc) is 3.10. The molecule has 0 radical (unpaired) electrons. The van der Waals surface area contributed by atoms with Crippen LogP contribution in [0.2, 0.25) is 0 Å². The largest absolute Gasteiger partial charge is 0.507 e. The Morgan fingerprint density at radius 3 is 2.96 bits per heavy atom. The van der Waals surface area contributed by atoms with E-state index in [1.54, 1.807) is 17.4 Å². The summed E-state index contributed by atoms with van der Waals surface area (Å²) in [6, 6.07) is 3.08. The van der Waals surface area contributed by atoms with Crippen molar-refractivity contribution in [2.45, 2.75) is 25.8 Å². The van der Waals surface area contributed by atoms with E-state index in [0.29, 0.717) is 12.8 Å². The second kappa shape index (κ2) is 7.91. The number of phenolic OH excluding ortho intramolecular Hbond substituents is 1. The van der Waals surface area contributed by atoms with Gasteiger partial charge >= 0.3 is 0 Å². The highest BCUT2D eigenvalue weighted by molar-refractivity contribution is 7.28. The zero-order valence-electron chi connectivity index (χ0n) is 14.8. The molecule has 2 aliphatic rings. The molecule has 1 atom stereocenters. The van der Waals surface area contributed by atoms with Crippen molar-refractivity contribution in [3.8, 4) is 16.3 Å². The number of benzene rings is 1. The van der Waals surface area contributed by atoms with Gasteiger partial charge in [0.05, 0.1) is 17.0 Å². The van der Waals surface area contributed by atoms with Crippen LogP contribution in [-0.4, -0.2) is 22.5 Å². The van der Waals surface area contributed by atoms with Gasteiger partial charge in [0.15, 0.2) is 0 Å². The zero-order valence-corrected chi connectivity index (χ0v) is 17.5. The molecule has 4 rings (SSSR count). The quantitative estimate of drug-likeness (QED) is 0.643. The van der Waals surface area contributed by atoms with E-state index >= 15 is 0 Å². The number of hydrogen-bond donors (Lipinski definition) is 3. The maximum absolute atomic E-state index is 14.0. The molecule has 1 aromatic carbocycles. The normalized spacial score (nSPS) is 16.6. The molecule has 0 spiro atoms. The molecule has 1 aliphatic heterocycles. The van der Waals surface area contributed by atoms with Gasteiger partial charge < -0.3 is 15.7 Å². The molecule has 1 aromatic heterocycles. The lowest BCUT2D eigenvalue weighted by Crippen LogP contribution is -2.25. The number of nitrogens with zero attached hydrogens (tertiary/aromatic N) is 1. The van der Waals surface area contributed by atoms with E-state index < -0.39 is 11.7 Å². The summed E-state index contributed by atoms with van der Waals surface area (Å²) in [6.07, 6.45) is 3.27. The molecule has 0 saturated heterocycles.